The lowest BCUT2D eigenvalue weighted by atomic mass is 9.77. The molecule has 1 N–H and O–H groups in total. The van der Waals surface area contributed by atoms with Crippen molar-refractivity contribution in [3.8, 4) is 0 Å². The van der Waals surface area contributed by atoms with Gasteiger partial charge in [0.15, 0.2) is 5.88 Å². The number of rotatable bonds is 3. The highest BCUT2D eigenvalue weighted by Gasteiger charge is 2.54. The van der Waals surface area contributed by atoms with E-state index in [2.05, 4.69) is 94.8 Å². The number of hydrogen-bond donors (Lipinski definition) is 1. The van der Waals surface area contributed by atoms with Crippen molar-refractivity contribution >= 4 is 0 Å². The van der Waals surface area contributed by atoms with E-state index in [1.54, 1.807) is 11.1 Å². The lowest BCUT2D eigenvalue weighted by Gasteiger charge is -2.38. The Bertz CT molecular complexity index is 1150. The summed E-state index contributed by atoms with van der Waals surface area (Å²) in [5, 5.41) is 3.79. The lowest BCUT2D eigenvalue weighted by molar-refractivity contribution is -0.863. The molecule has 4 aliphatic heterocycles. The summed E-state index contributed by atoms with van der Waals surface area (Å²) in [5.74, 6) is 2.52. The summed E-state index contributed by atoms with van der Waals surface area (Å²) in [6.45, 7) is 10.4. The summed E-state index contributed by atoms with van der Waals surface area (Å²) in [5.41, 5.74) is 8.99. The fourth-order valence-electron chi connectivity index (χ4n) is 7.21. The Labute approximate surface area is 205 Å². The van der Waals surface area contributed by atoms with E-state index in [-0.39, 0.29) is 6.10 Å². The SMILES string of the molecule is CC1=C[N+]2(C)CC3=C(C4OC5=C(C=CC(c6ccccc6)C(C)N5)C4CC3)C2C=C1CC(C)C. The molecule has 1 aromatic rings. The molecule has 0 aromatic heterocycles. The minimum absolute atomic E-state index is 0.180. The van der Waals surface area contributed by atoms with E-state index < -0.39 is 0 Å². The number of fused-ring (bicyclic) bond motifs is 5. The number of quaternary nitrogens is 1. The molecule has 0 amide bonds. The highest BCUT2D eigenvalue weighted by atomic mass is 16.5. The van der Waals surface area contributed by atoms with Gasteiger partial charge in [0.1, 0.15) is 18.7 Å². The van der Waals surface area contributed by atoms with E-state index in [9.17, 15) is 0 Å². The van der Waals surface area contributed by atoms with E-state index in [1.807, 2.05) is 0 Å². The fraction of sp³-hybridized carbons (Fsp3) is 0.484. The van der Waals surface area contributed by atoms with Crippen molar-refractivity contribution in [1.29, 1.82) is 0 Å². The number of allylic oxidation sites excluding steroid dienone is 3. The van der Waals surface area contributed by atoms with Crippen LogP contribution in [0.15, 0.2) is 88.5 Å². The Kier molecular flexibility index (Phi) is 5.18. The molecule has 6 rings (SSSR count). The largest absolute Gasteiger partial charge is 0.470 e. The molecule has 1 aromatic carbocycles. The third-order valence-corrected chi connectivity index (χ3v) is 8.78. The van der Waals surface area contributed by atoms with Crippen molar-refractivity contribution in [3.05, 3.63) is 94.1 Å². The molecular formula is C31H39N2O+. The van der Waals surface area contributed by atoms with E-state index >= 15 is 0 Å². The zero-order valence-electron chi connectivity index (χ0n) is 21.3. The van der Waals surface area contributed by atoms with Crippen LogP contribution in [0.25, 0.3) is 0 Å². The van der Waals surface area contributed by atoms with Crippen molar-refractivity contribution in [1.82, 2.24) is 5.32 Å². The number of ether oxygens (including phenoxy) is 1. The fourth-order valence-corrected chi connectivity index (χ4v) is 7.21. The molecule has 0 radical (unpaired) electrons. The summed E-state index contributed by atoms with van der Waals surface area (Å²) in [7, 11) is 2.42. The van der Waals surface area contributed by atoms with Gasteiger partial charge in [-0.05, 0) is 61.8 Å². The maximum Gasteiger partial charge on any atom is 0.191 e. The predicted molar refractivity (Wildman–Crippen MR) is 139 cm³/mol. The summed E-state index contributed by atoms with van der Waals surface area (Å²) in [4.78, 5) is 0. The summed E-state index contributed by atoms with van der Waals surface area (Å²) < 4.78 is 7.85. The summed E-state index contributed by atoms with van der Waals surface area (Å²) in [6.07, 6.45) is 13.7. The average Bonchev–Trinajstić information content (AvgIpc) is 3.22. The minimum atomic E-state index is 0.180. The van der Waals surface area contributed by atoms with Gasteiger partial charge in [0, 0.05) is 34.6 Å². The second kappa shape index (κ2) is 8.02. The van der Waals surface area contributed by atoms with Crippen molar-refractivity contribution in [3.63, 3.8) is 0 Å². The molecule has 0 spiro atoms. The number of benzene rings is 1. The first-order valence-corrected chi connectivity index (χ1v) is 13.2. The second-order valence-electron chi connectivity index (χ2n) is 11.8. The molecule has 0 saturated heterocycles. The Morgan fingerprint density at radius 2 is 1.97 bits per heavy atom. The van der Waals surface area contributed by atoms with Crippen molar-refractivity contribution in [2.24, 2.45) is 11.8 Å². The highest BCUT2D eigenvalue weighted by molar-refractivity contribution is 5.47. The normalized spacial score (nSPS) is 36.1. The van der Waals surface area contributed by atoms with Crippen LogP contribution in [-0.4, -0.2) is 36.3 Å². The smallest absolute Gasteiger partial charge is 0.191 e. The first-order valence-electron chi connectivity index (χ1n) is 13.2. The number of likely N-dealkylation sites (N-methyl/N-ethyl adjacent to an activating group) is 1. The van der Waals surface area contributed by atoms with Crippen LogP contribution >= 0.6 is 0 Å². The van der Waals surface area contributed by atoms with E-state index in [0.717, 1.165) is 23.3 Å². The van der Waals surface area contributed by atoms with Crippen LogP contribution in [0.3, 0.4) is 0 Å². The maximum atomic E-state index is 6.85. The molecule has 4 heterocycles. The molecule has 1 aliphatic carbocycles. The van der Waals surface area contributed by atoms with Gasteiger partial charge in [-0.1, -0.05) is 56.3 Å². The van der Waals surface area contributed by atoms with Gasteiger partial charge in [0.2, 0.25) is 0 Å². The van der Waals surface area contributed by atoms with Gasteiger partial charge in [0.25, 0.3) is 0 Å². The Morgan fingerprint density at radius 1 is 1.18 bits per heavy atom. The Morgan fingerprint density at radius 3 is 2.74 bits per heavy atom. The van der Waals surface area contributed by atoms with E-state index in [0.29, 0.717) is 29.8 Å². The molecule has 34 heavy (non-hydrogen) atoms. The van der Waals surface area contributed by atoms with Crippen molar-refractivity contribution < 1.29 is 9.22 Å². The van der Waals surface area contributed by atoms with E-state index in [4.69, 9.17) is 4.74 Å². The lowest BCUT2D eigenvalue weighted by Crippen LogP contribution is -2.47. The maximum absolute atomic E-state index is 6.85. The number of nitrogens with zero attached hydrogens (tertiary/aromatic N) is 1. The first-order chi connectivity index (χ1) is 16.3. The van der Waals surface area contributed by atoms with Gasteiger partial charge in [-0.2, -0.15) is 0 Å². The molecule has 3 nitrogen and oxygen atoms in total. The summed E-state index contributed by atoms with van der Waals surface area (Å²) >= 11 is 0. The third kappa shape index (κ3) is 3.43. The molecule has 0 fully saturated rings. The number of hydrogen-bond acceptors (Lipinski definition) is 2. The van der Waals surface area contributed by atoms with Gasteiger partial charge in [-0.3, -0.25) is 4.48 Å². The third-order valence-electron chi connectivity index (χ3n) is 8.78. The topological polar surface area (TPSA) is 21.3 Å². The standard InChI is InChI=1S/C31H39N2O/c1-19(2)15-24-16-28-29-23(18-33(28,5)17-20(24)3)11-12-26-27-14-13-25(22-9-7-6-8-10-22)21(4)32-31(27)34-30(26)29/h6-10,13-14,16-17,19,21,25-26,28,30,32H,11-12,15,18H2,1-5H3/q+1. The molecule has 6 unspecified atom stereocenters. The highest BCUT2D eigenvalue weighted by Crippen LogP contribution is 2.51. The average molecular weight is 456 g/mol. The quantitative estimate of drug-likeness (QED) is 0.423. The van der Waals surface area contributed by atoms with Gasteiger partial charge >= 0.3 is 0 Å². The molecular weight excluding hydrogens is 416 g/mol. The van der Waals surface area contributed by atoms with Crippen LogP contribution in [0.5, 0.6) is 0 Å². The van der Waals surface area contributed by atoms with Gasteiger partial charge in [-0.15, -0.1) is 0 Å². The Balaban J connectivity index is 1.31. The molecule has 5 aliphatic rings. The van der Waals surface area contributed by atoms with Crippen LogP contribution in [-0.2, 0) is 4.74 Å². The predicted octanol–water partition coefficient (Wildman–Crippen LogP) is 6.35. The second-order valence-corrected chi connectivity index (χ2v) is 11.8. The van der Waals surface area contributed by atoms with Gasteiger partial charge in [0.05, 0.1) is 13.2 Å². The van der Waals surface area contributed by atoms with Gasteiger partial charge in [-0.25, -0.2) is 0 Å². The van der Waals surface area contributed by atoms with Crippen LogP contribution in [0.2, 0.25) is 0 Å². The van der Waals surface area contributed by atoms with Crippen LogP contribution in [0.1, 0.15) is 58.4 Å². The van der Waals surface area contributed by atoms with Crippen LogP contribution in [0, 0.1) is 11.8 Å². The minimum Gasteiger partial charge on any atom is -0.470 e. The van der Waals surface area contributed by atoms with Crippen LogP contribution < -0.4 is 5.32 Å². The monoisotopic (exact) mass is 455 g/mol. The first kappa shape index (κ1) is 22.0. The zero-order chi connectivity index (χ0) is 23.6. The summed E-state index contributed by atoms with van der Waals surface area (Å²) in [6, 6.07) is 11.6. The molecule has 3 heteroatoms. The molecule has 178 valence electrons. The Hall–Kier alpha value is -2.52. The zero-order valence-corrected chi connectivity index (χ0v) is 21.3. The van der Waals surface area contributed by atoms with Crippen molar-refractivity contribution in [2.45, 2.75) is 71.1 Å². The molecule has 0 saturated carbocycles. The van der Waals surface area contributed by atoms with E-state index in [1.165, 1.54) is 35.1 Å². The molecule has 6 atom stereocenters. The molecule has 0 bridgehead atoms. The van der Waals surface area contributed by atoms with Gasteiger partial charge < -0.3 is 10.1 Å². The van der Waals surface area contributed by atoms with Crippen LogP contribution in [0.4, 0.5) is 0 Å². The number of nitrogens with one attached hydrogen (secondary N) is 1. The van der Waals surface area contributed by atoms with Crippen molar-refractivity contribution in [2.75, 3.05) is 13.6 Å².